The van der Waals surface area contributed by atoms with Crippen molar-refractivity contribution in [1.82, 2.24) is 4.90 Å². The molecule has 1 saturated heterocycles. The van der Waals surface area contributed by atoms with Crippen molar-refractivity contribution >= 4 is 11.7 Å². The summed E-state index contributed by atoms with van der Waals surface area (Å²) >= 11 is 0. The Balaban J connectivity index is 2.23. The Kier molecular flexibility index (Phi) is 3.28. The number of aromatic carboxylic acids is 1. The maximum Gasteiger partial charge on any atom is 0.335 e. The van der Waals surface area contributed by atoms with E-state index >= 15 is 0 Å². The first-order valence-corrected chi connectivity index (χ1v) is 5.53. The van der Waals surface area contributed by atoms with Crippen molar-refractivity contribution in [2.75, 3.05) is 38.1 Å². The number of hydrogen-bond acceptors (Lipinski definition) is 3. The van der Waals surface area contributed by atoms with Crippen LogP contribution in [0, 0.1) is 5.82 Å². The number of benzene rings is 1. The fourth-order valence-electron chi connectivity index (χ4n) is 1.94. The minimum absolute atomic E-state index is 0.000993. The first-order chi connectivity index (χ1) is 8.06. The predicted octanol–water partition coefficient (Wildman–Crippen LogP) is 1.28. The van der Waals surface area contributed by atoms with Gasteiger partial charge in [-0.15, -0.1) is 0 Å². The van der Waals surface area contributed by atoms with Crippen LogP contribution in [0.25, 0.3) is 0 Å². The van der Waals surface area contributed by atoms with Gasteiger partial charge in [-0.3, -0.25) is 0 Å². The van der Waals surface area contributed by atoms with Gasteiger partial charge in [0.25, 0.3) is 0 Å². The fourth-order valence-corrected chi connectivity index (χ4v) is 1.94. The first-order valence-electron chi connectivity index (χ1n) is 5.53. The van der Waals surface area contributed by atoms with Crippen molar-refractivity contribution in [2.45, 2.75) is 0 Å². The average molecular weight is 238 g/mol. The molecule has 1 aromatic carbocycles. The van der Waals surface area contributed by atoms with Gasteiger partial charge in [0.1, 0.15) is 5.82 Å². The van der Waals surface area contributed by atoms with Crippen molar-refractivity contribution in [2.24, 2.45) is 0 Å². The van der Waals surface area contributed by atoms with Gasteiger partial charge in [-0.25, -0.2) is 9.18 Å². The molecule has 0 aliphatic carbocycles. The van der Waals surface area contributed by atoms with Crippen LogP contribution in [-0.2, 0) is 0 Å². The number of piperazine rings is 1. The summed E-state index contributed by atoms with van der Waals surface area (Å²) in [7, 11) is 2.03. The number of hydrogen-bond donors (Lipinski definition) is 1. The summed E-state index contributed by atoms with van der Waals surface area (Å²) < 4.78 is 13.3. The normalized spacial score (nSPS) is 17.2. The molecule has 0 atom stereocenters. The van der Waals surface area contributed by atoms with Crippen LogP contribution in [0.4, 0.5) is 10.1 Å². The van der Waals surface area contributed by atoms with Crippen molar-refractivity contribution < 1.29 is 14.3 Å². The largest absolute Gasteiger partial charge is 0.478 e. The van der Waals surface area contributed by atoms with Gasteiger partial charge in [0, 0.05) is 31.9 Å². The molecule has 0 bridgehead atoms. The van der Waals surface area contributed by atoms with Gasteiger partial charge in [0.2, 0.25) is 0 Å². The topological polar surface area (TPSA) is 43.8 Å². The lowest BCUT2D eigenvalue weighted by atomic mass is 10.1. The van der Waals surface area contributed by atoms with E-state index in [1.165, 1.54) is 12.1 Å². The van der Waals surface area contributed by atoms with E-state index in [1.54, 1.807) is 0 Å². The summed E-state index contributed by atoms with van der Waals surface area (Å²) in [4.78, 5) is 15.0. The highest BCUT2D eigenvalue weighted by atomic mass is 19.1. The molecule has 0 unspecified atom stereocenters. The van der Waals surface area contributed by atoms with Crippen LogP contribution in [0.3, 0.4) is 0 Å². The molecule has 0 radical (unpaired) electrons. The zero-order valence-electron chi connectivity index (χ0n) is 9.69. The smallest absolute Gasteiger partial charge is 0.335 e. The predicted molar refractivity (Wildman–Crippen MR) is 63.1 cm³/mol. The van der Waals surface area contributed by atoms with Crippen LogP contribution in [-0.4, -0.2) is 49.2 Å². The molecule has 1 aliphatic heterocycles. The zero-order valence-corrected chi connectivity index (χ0v) is 9.69. The maximum absolute atomic E-state index is 13.3. The van der Waals surface area contributed by atoms with E-state index < -0.39 is 11.8 Å². The molecule has 1 heterocycles. The molecule has 1 aliphatic rings. The van der Waals surface area contributed by atoms with Crippen LogP contribution in [0.1, 0.15) is 10.4 Å². The number of halogens is 1. The summed E-state index contributed by atoms with van der Waals surface area (Å²) in [6.07, 6.45) is 0. The molecule has 17 heavy (non-hydrogen) atoms. The van der Waals surface area contributed by atoms with Crippen LogP contribution >= 0.6 is 0 Å². The van der Waals surface area contributed by atoms with Gasteiger partial charge in [-0.1, -0.05) is 0 Å². The Morgan fingerprint density at radius 2 is 1.88 bits per heavy atom. The molecule has 0 aromatic heterocycles. The highest BCUT2D eigenvalue weighted by Crippen LogP contribution is 2.20. The van der Waals surface area contributed by atoms with Gasteiger partial charge in [-0.05, 0) is 25.2 Å². The second-order valence-corrected chi connectivity index (χ2v) is 4.29. The summed E-state index contributed by atoms with van der Waals surface area (Å²) in [5.41, 5.74) is 0.648. The van der Waals surface area contributed by atoms with Crippen LogP contribution < -0.4 is 4.90 Å². The lowest BCUT2D eigenvalue weighted by Gasteiger charge is -2.34. The third-order valence-electron chi connectivity index (χ3n) is 3.00. The van der Waals surface area contributed by atoms with Gasteiger partial charge >= 0.3 is 5.97 Å². The number of carbonyl (C=O) groups is 1. The standard InChI is InChI=1S/C12H15FN2O2/c1-14-2-4-15(5-3-14)11-7-9(12(16)17)6-10(13)8-11/h6-8H,2-5H2,1H3,(H,16,17). The van der Waals surface area contributed by atoms with Gasteiger partial charge in [0.15, 0.2) is 0 Å². The van der Waals surface area contributed by atoms with Crippen LogP contribution in [0.5, 0.6) is 0 Å². The van der Waals surface area contributed by atoms with Crippen molar-refractivity contribution in [3.05, 3.63) is 29.6 Å². The molecule has 0 amide bonds. The molecule has 0 spiro atoms. The van der Waals surface area contributed by atoms with E-state index in [1.807, 2.05) is 11.9 Å². The fraction of sp³-hybridized carbons (Fsp3) is 0.417. The number of carboxylic acid groups (broad SMARTS) is 1. The van der Waals surface area contributed by atoms with Gasteiger partial charge in [-0.2, -0.15) is 0 Å². The van der Waals surface area contributed by atoms with Crippen molar-refractivity contribution in [3.8, 4) is 0 Å². The Hall–Kier alpha value is -1.62. The first kappa shape index (κ1) is 11.9. The minimum atomic E-state index is -1.10. The SMILES string of the molecule is CN1CCN(c2cc(F)cc(C(=O)O)c2)CC1. The Morgan fingerprint density at radius 1 is 1.24 bits per heavy atom. The quantitative estimate of drug-likeness (QED) is 0.842. The summed E-state index contributed by atoms with van der Waals surface area (Å²) in [6, 6.07) is 3.95. The van der Waals surface area contributed by atoms with Crippen molar-refractivity contribution in [3.63, 3.8) is 0 Å². The van der Waals surface area contributed by atoms with Crippen LogP contribution in [0.2, 0.25) is 0 Å². The Labute approximate surface area is 99.3 Å². The monoisotopic (exact) mass is 238 g/mol. The molecular formula is C12H15FN2O2. The summed E-state index contributed by atoms with van der Waals surface area (Å²) in [6.45, 7) is 3.38. The molecule has 1 aromatic rings. The van der Waals surface area contributed by atoms with E-state index in [9.17, 15) is 9.18 Å². The number of nitrogens with zero attached hydrogens (tertiary/aromatic N) is 2. The number of rotatable bonds is 2. The highest BCUT2D eigenvalue weighted by molar-refractivity contribution is 5.88. The number of carboxylic acids is 1. The second kappa shape index (κ2) is 4.71. The zero-order chi connectivity index (χ0) is 12.4. The van der Waals surface area contributed by atoms with E-state index in [2.05, 4.69) is 4.90 Å². The van der Waals surface area contributed by atoms with E-state index in [4.69, 9.17) is 5.11 Å². The summed E-state index contributed by atoms with van der Waals surface area (Å²) in [5, 5.41) is 8.88. The minimum Gasteiger partial charge on any atom is -0.478 e. The summed E-state index contributed by atoms with van der Waals surface area (Å²) in [5.74, 6) is -1.60. The van der Waals surface area contributed by atoms with Crippen LogP contribution in [0.15, 0.2) is 18.2 Å². The maximum atomic E-state index is 13.3. The number of likely N-dealkylation sites (N-methyl/N-ethyl adjacent to an activating group) is 1. The average Bonchev–Trinajstić information content (AvgIpc) is 2.29. The molecule has 4 nitrogen and oxygen atoms in total. The molecule has 92 valence electrons. The second-order valence-electron chi connectivity index (χ2n) is 4.29. The van der Waals surface area contributed by atoms with E-state index in [0.29, 0.717) is 5.69 Å². The number of anilines is 1. The lowest BCUT2D eigenvalue weighted by molar-refractivity contribution is 0.0696. The molecule has 1 N–H and O–H groups in total. The molecule has 2 rings (SSSR count). The third-order valence-corrected chi connectivity index (χ3v) is 3.00. The van der Waals surface area contributed by atoms with Gasteiger partial charge in [0.05, 0.1) is 5.56 Å². The Bertz CT molecular complexity index is 429. The molecule has 1 fully saturated rings. The molecule has 0 saturated carbocycles. The lowest BCUT2D eigenvalue weighted by Crippen LogP contribution is -2.44. The van der Waals surface area contributed by atoms with Crippen molar-refractivity contribution in [1.29, 1.82) is 0 Å². The van der Waals surface area contributed by atoms with Gasteiger partial charge < -0.3 is 14.9 Å². The molecule has 5 heteroatoms. The third kappa shape index (κ3) is 2.74. The molecular weight excluding hydrogens is 223 g/mol. The Morgan fingerprint density at radius 3 is 2.47 bits per heavy atom. The van der Waals surface area contributed by atoms with E-state index in [-0.39, 0.29) is 5.56 Å². The highest BCUT2D eigenvalue weighted by Gasteiger charge is 2.16. The van der Waals surface area contributed by atoms with E-state index in [0.717, 1.165) is 32.2 Å².